The van der Waals surface area contributed by atoms with Crippen molar-refractivity contribution in [3.05, 3.63) is 66.2 Å². The predicted octanol–water partition coefficient (Wildman–Crippen LogP) is 7.22. The van der Waals surface area contributed by atoms with E-state index in [4.69, 9.17) is 9.47 Å². The van der Waals surface area contributed by atoms with Crippen molar-refractivity contribution in [2.24, 2.45) is 0 Å². The van der Waals surface area contributed by atoms with Crippen molar-refractivity contribution in [1.82, 2.24) is 0 Å². The van der Waals surface area contributed by atoms with Crippen LogP contribution in [0.1, 0.15) is 24.8 Å². The number of methoxy groups -OCH3 is 2. The van der Waals surface area contributed by atoms with Gasteiger partial charge in [0.2, 0.25) is 0 Å². The number of hydrogen-bond acceptors (Lipinski definition) is 5. The quantitative estimate of drug-likeness (QED) is 0.332. The zero-order chi connectivity index (χ0) is 21.7. The Labute approximate surface area is 206 Å². The first-order valence-corrected chi connectivity index (χ1v) is 12.8. The Morgan fingerprint density at radius 1 is 0.906 bits per heavy atom. The third kappa shape index (κ3) is 5.27. The first kappa shape index (κ1) is 24.9. The van der Waals surface area contributed by atoms with Crippen molar-refractivity contribution in [2.45, 2.75) is 23.3 Å². The fourth-order valence-electron chi connectivity index (χ4n) is 4.31. The lowest BCUT2D eigenvalue weighted by molar-refractivity contribution is 0.355. The molecule has 0 spiro atoms. The van der Waals surface area contributed by atoms with Gasteiger partial charge in [-0.15, -0.1) is 35.9 Å². The smallest absolute Gasteiger partial charge is 0.162 e. The molecule has 1 aliphatic rings. The number of ether oxygens (including phenoxy) is 2. The number of benzene rings is 3. The monoisotopic (exact) mass is 489 g/mol. The molecule has 1 saturated heterocycles. The second-order valence-corrected chi connectivity index (χ2v) is 10.9. The molecule has 172 valence electrons. The lowest BCUT2D eigenvalue weighted by Gasteiger charge is -2.38. The number of rotatable bonds is 8. The Morgan fingerprint density at radius 2 is 1.62 bits per heavy atom. The molecule has 3 aromatic carbocycles. The maximum atomic E-state index is 5.48. The average molecular weight is 490 g/mol. The fraction of sp³-hybridized carbons (Fsp3) is 0.385. The molecular formula is C26H32ClNO2S2. The van der Waals surface area contributed by atoms with Gasteiger partial charge in [-0.2, -0.15) is 0 Å². The zero-order valence-corrected chi connectivity index (χ0v) is 21.5. The molecule has 0 aliphatic carbocycles. The van der Waals surface area contributed by atoms with E-state index in [0.717, 1.165) is 36.6 Å². The molecule has 32 heavy (non-hydrogen) atoms. The van der Waals surface area contributed by atoms with Crippen LogP contribution in [0.25, 0.3) is 10.8 Å². The zero-order valence-electron chi connectivity index (χ0n) is 19.0. The first-order valence-electron chi connectivity index (χ1n) is 10.9. The van der Waals surface area contributed by atoms with Gasteiger partial charge in [-0.05, 0) is 59.2 Å². The highest BCUT2D eigenvalue weighted by molar-refractivity contribution is 8.18. The summed E-state index contributed by atoms with van der Waals surface area (Å²) in [5, 5.41) is 2.74. The summed E-state index contributed by atoms with van der Waals surface area (Å²) in [6.07, 6.45) is 3.59. The van der Waals surface area contributed by atoms with Crippen LogP contribution in [0.15, 0.2) is 60.7 Å². The van der Waals surface area contributed by atoms with Crippen LogP contribution in [0.5, 0.6) is 11.5 Å². The Morgan fingerprint density at radius 3 is 2.38 bits per heavy atom. The molecule has 0 bridgehead atoms. The third-order valence-electron chi connectivity index (χ3n) is 5.97. The number of fused-ring (bicyclic) bond motifs is 1. The molecule has 1 aliphatic heterocycles. The van der Waals surface area contributed by atoms with Gasteiger partial charge in [0, 0.05) is 25.3 Å². The van der Waals surface area contributed by atoms with Crippen LogP contribution >= 0.6 is 35.9 Å². The molecule has 6 heteroatoms. The molecule has 0 saturated carbocycles. The highest BCUT2D eigenvalue weighted by Gasteiger charge is 2.36. The Bertz CT molecular complexity index is 1020. The van der Waals surface area contributed by atoms with Gasteiger partial charge in [-0.1, -0.05) is 42.5 Å². The molecule has 0 amide bonds. The maximum Gasteiger partial charge on any atom is 0.162 e. The van der Waals surface area contributed by atoms with Crippen LogP contribution in [0.2, 0.25) is 0 Å². The predicted molar refractivity (Wildman–Crippen MR) is 144 cm³/mol. The van der Waals surface area contributed by atoms with Crippen LogP contribution in [0.3, 0.4) is 0 Å². The van der Waals surface area contributed by atoms with Gasteiger partial charge in [0.25, 0.3) is 0 Å². The molecule has 1 fully saturated rings. The Kier molecular flexibility index (Phi) is 8.92. The van der Waals surface area contributed by atoms with E-state index in [1.165, 1.54) is 34.3 Å². The summed E-state index contributed by atoms with van der Waals surface area (Å²) in [6.45, 7) is 1.00. The van der Waals surface area contributed by atoms with Crippen molar-refractivity contribution >= 4 is 52.4 Å². The van der Waals surface area contributed by atoms with Crippen molar-refractivity contribution in [3.8, 4) is 11.5 Å². The number of halogens is 1. The van der Waals surface area contributed by atoms with Crippen LogP contribution < -0.4 is 14.4 Å². The normalized spacial score (nSPS) is 15.1. The largest absolute Gasteiger partial charge is 0.493 e. The molecule has 0 aromatic heterocycles. The lowest BCUT2D eigenvalue weighted by atomic mass is 9.99. The number of thioether (sulfide) groups is 2. The Balaban J connectivity index is 0.00000289. The first-order chi connectivity index (χ1) is 15.2. The van der Waals surface area contributed by atoms with Crippen LogP contribution in [-0.2, 0) is 4.08 Å². The highest BCUT2D eigenvalue weighted by Crippen LogP contribution is 2.54. The summed E-state index contributed by atoms with van der Waals surface area (Å²) < 4.78 is 11.0. The van der Waals surface area contributed by atoms with Crippen LogP contribution in [0.4, 0.5) is 5.69 Å². The van der Waals surface area contributed by atoms with Gasteiger partial charge in [0.05, 0.1) is 18.3 Å². The van der Waals surface area contributed by atoms with Gasteiger partial charge < -0.3 is 14.4 Å². The minimum atomic E-state index is 0. The summed E-state index contributed by atoms with van der Waals surface area (Å²) in [5.41, 5.74) is 2.65. The van der Waals surface area contributed by atoms with Crippen LogP contribution in [-0.4, -0.2) is 39.3 Å². The van der Waals surface area contributed by atoms with Crippen molar-refractivity contribution < 1.29 is 9.47 Å². The number of anilines is 1. The van der Waals surface area contributed by atoms with Gasteiger partial charge in [0.15, 0.2) is 11.5 Å². The second-order valence-electron chi connectivity index (χ2n) is 7.89. The van der Waals surface area contributed by atoms with E-state index in [-0.39, 0.29) is 16.5 Å². The van der Waals surface area contributed by atoms with E-state index in [1.54, 1.807) is 14.2 Å². The molecule has 0 atom stereocenters. The Hall–Kier alpha value is -1.69. The van der Waals surface area contributed by atoms with Gasteiger partial charge in [-0.25, -0.2) is 0 Å². The topological polar surface area (TPSA) is 21.7 Å². The van der Waals surface area contributed by atoms with Crippen LogP contribution in [0, 0.1) is 0 Å². The molecule has 1 heterocycles. The lowest BCUT2D eigenvalue weighted by Crippen LogP contribution is -2.26. The van der Waals surface area contributed by atoms with E-state index in [1.807, 2.05) is 6.07 Å². The van der Waals surface area contributed by atoms with Crippen molar-refractivity contribution in [1.29, 1.82) is 0 Å². The summed E-state index contributed by atoms with van der Waals surface area (Å²) >= 11 is 4.29. The molecule has 0 radical (unpaired) electrons. The number of hydrogen-bond donors (Lipinski definition) is 0. The van der Waals surface area contributed by atoms with E-state index in [9.17, 15) is 0 Å². The van der Waals surface area contributed by atoms with Crippen molar-refractivity contribution in [2.75, 3.05) is 44.2 Å². The SMILES string of the molecule is COc1ccc(N(C)CCCC2(c3cccc4ccccc34)SCCCS2)cc1OC.Cl. The summed E-state index contributed by atoms with van der Waals surface area (Å²) in [7, 11) is 5.52. The van der Waals surface area contributed by atoms with Gasteiger partial charge in [-0.3, -0.25) is 0 Å². The molecule has 4 rings (SSSR count). The minimum absolute atomic E-state index is 0. The maximum absolute atomic E-state index is 5.48. The molecule has 3 nitrogen and oxygen atoms in total. The highest BCUT2D eigenvalue weighted by atomic mass is 35.5. The molecular weight excluding hydrogens is 458 g/mol. The molecule has 3 aromatic rings. The van der Waals surface area contributed by atoms with E-state index < -0.39 is 0 Å². The number of nitrogens with zero attached hydrogens (tertiary/aromatic N) is 1. The van der Waals surface area contributed by atoms with E-state index in [0.29, 0.717) is 0 Å². The minimum Gasteiger partial charge on any atom is -0.493 e. The standard InChI is InChI=1S/C26H31NO2S2.ClH/c1-27(21-13-14-24(28-2)25(19-21)29-3)16-7-15-26(30-17-8-18-31-26)23-12-6-10-20-9-4-5-11-22(20)23;/h4-6,9-14,19H,7-8,15-18H2,1-3H3;1H. The molecule has 0 unspecified atom stereocenters. The summed E-state index contributed by atoms with van der Waals surface area (Å²) in [4.78, 5) is 2.32. The van der Waals surface area contributed by atoms with E-state index in [2.05, 4.69) is 90.1 Å². The molecule has 0 N–H and O–H groups in total. The van der Waals surface area contributed by atoms with Gasteiger partial charge in [0.1, 0.15) is 0 Å². The van der Waals surface area contributed by atoms with E-state index >= 15 is 0 Å². The average Bonchev–Trinajstić information content (AvgIpc) is 2.83. The van der Waals surface area contributed by atoms with Gasteiger partial charge >= 0.3 is 0 Å². The van der Waals surface area contributed by atoms with Crippen molar-refractivity contribution in [3.63, 3.8) is 0 Å². The summed E-state index contributed by atoms with van der Waals surface area (Å²) in [6, 6.07) is 21.8. The second kappa shape index (κ2) is 11.4. The summed E-state index contributed by atoms with van der Waals surface area (Å²) in [5.74, 6) is 4.02. The third-order valence-corrected chi connectivity index (χ3v) is 9.44. The fourth-order valence-corrected chi connectivity index (χ4v) is 7.80.